The van der Waals surface area contributed by atoms with Crippen LogP contribution in [0.25, 0.3) is 0 Å². The molecule has 1 fully saturated rings. The molecule has 0 aromatic carbocycles. The van der Waals surface area contributed by atoms with E-state index in [1.54, 1.807) is 0 Å². The Kier molecular flexibility index (Phi) is 16.2. The summed E-state index contributed by atoms with van der Waals surface area (Å²) in [7, 11) is 0. The van der Waals surface area contributed by atoms with Gasteiger partial charge in [0.25, 0.3) is 5.60 Å². The van der Waals surface area contributed by atoms with Crippen molar-refractivity contribution in [2.24, 2.45) is 17.3 Å². The summed E-state index contributed by atoms with van der Waals surface area (Å²) in [5.41, 5.74) is -11.6. The Labute approximate surface area is 268 Å². The molecule has 21 heteroatoms. The van der Waals surface area contributed by atoms with Gasteiger partial charge in [0.15, 0.2) is 17.8 Å². The fraction of sp³-hybridized carbons (Fsp3) is 0.963. The number of carbonyl (C=O) groups is 1. The lowest BCUT2D eigenvalue weighted by Gasteiger charge is -2.50. The molecule has 286 valence electrons. The Bertz CT molecular complexity index is 960. The van der Waals surface area contributed by atoms with Gasteiger partial charge in [-0.25, -0.2) is 0 Å². The zero-order valence-corrected chi connectivity index (χ0v) is 26.2. The molecular weight excluding hydrogens is 696 g/mol. The number of alkyl halides is 12. The van der Waals surface area contributed by atoms with Crippen molar-refractivity contribution in [3.63, 3.8) is 0 Å². The van der Waals surface area contributed by atoms with E-state index in [1.165, 1.54) is 0 Å². The summed E-state index contributed by atoms with van der Waals surface area (Å²) in [4.78, 5) is 12.2. The maximum Gasteiger partial charge on any atom is 0.426 e. The first kappa shape index (κ1) is 44.4. The quantitative estimate of drug-likeness (QED) is 0.0769. The topological polar surface area (TPSA) is 113 Å². The molecule has 5 unspecified atom stereocenters. The first-order valence-electron chi connectivity index (χ1n) is 14.6. The Morgan fingerprint density at radius 1 is 0.646 bits per heavy atom. The summed E-state index contributed by atoms with van der Waals surface area (Å²) in [5, 5.41) is 17.5. The van der Waals surface area contributed by atoms with Crippen LogP contribution in [0.3, 0.4) is 0 Å². The monoisotopic (exact) mass is 736 g/mol. The summed E-state index contributed by atoms with van der Waals surface area (Å²) in [6, 6.07) is 0. The first-order valence-corrected chi connectivity index (χ1v) is 14.6. The van der Waals surface area contributed by atoms with E-state index in [9.17, 15) is 57.5 Å². The number of hydrogen-bond acceptors (Lipinski definition) is 9. The number of ether oxygens (including phenoxy) is 6. The molecule has 1 aliphatic rings. The van der Waals surface area contributed by atoms with E-state index in [0.717, 1.165) is 6.92 Å². The first-order chi connectivity index (χ1) is 21.9. The van der Waals surface area contributed by atoms with Crippen LogP contribution < -0.4 is 0 Å². The molecule has 0 saturated heterocycles. The lowest BCUT2D eigenvalue weighted by Crippen LogP contribution is -2.66. The van der Waals surface area contributed by atoms with Crippen LogP contribution in [0.5, 0.6) is 0 Å². The van der Waals surface area contributed by atoms with Gasteiger partial charge in [0.05, 0.1) is 59.0 Å². The number of aliphatic hydroxyl groups is 2. The van der Waals surface area contributed by atoms with Crippen LogP contribution in [0.2, 0.25) is 0 Å². The maximum absolute atomic E-state index is 14.5. The van der Waals surface area contributed by atoms with Crippen LogP contribution in [0.4, 0.5) is 52.7 Å². The minimum atomic E-state index is -6.30. The van der Waals surface area contributed by atoms with Crippen molar-refractivity contribution in [3.05, 3.63) is 0 Å². The van der Waals surface area contributed by atoms with E-state index < -0.39 is 144 Å². The second-order valence-corrected chi connectivity index (χ2v) is 11.3. The normalized spacial score (nSPS) is 22.6. The standard InChI is InChI=1S/C27H40F12O9/c1-4-21(2,24(28,29)30)20(42)46-16-45-19-14-17(22(3,25(31,32)33)47-11-9-43-7-5-40)13-18(15-19)23(26(34,35)36,27(37,38)39)48-12-10-44-8-6-41/h17-19,40-41H,4-16H2,1-3H3. The minimum absolute atomic E-state index is 0.323. The van der Waals surface area contributed by atoms with Gasteiger partial charge in [0, 0.05) is 5.92 Å². The molecule has 1 rings (SSSR count). The molecule has 1 aliphatic carbocycles. The smallest absolute Gasteiger partial charge is 0.426 e. The molecule has 0 spiro atoms. The van der Waals surface area contributed by atoms with Crippen molar-refractivity contribution in [2.45, 2.75) is 88.5 Å². The highest BCUT2D eigenvalue weighted by Crippen LogP contribution is 2.57. The van der Waals surface area contributed by atoms with Crippen LogP contribution in [0.15, 0.2) is 0 Å². The van der Waals surface area contributed by atoms with Crippen LogP contribution >= 0.6 is 0 Å². The molecule has 5 atom stereocenters. The predicted molar refractivity (Wildman–Crippen MR) is 138 cm³/mol. The van der Waals surface area contributed by atoms with Crippen molar-refractivity contribution in [2.75, 3.05) is 59.6 Å². The highest BCUT2D eigenvalue weighted by atomic mass is 19.4. The maximum atomic E-state index is 14.5. The molecule has 0 bridgehead atoms. The van der Waals surface area contributed by atoms with Gasteiger partial charge >= 0.3 is 30.7 Å². The van der Waals surface area contributed by atoms with Gasteiger partial charge in [-0.3, -0.25) is 4.79 Å². The van der Waals surface area contributed by atoms with Gasteiger partial charge in [0.2, 0.25) is 0 Å². The molecular formula is C27H40F12O9. The highest BCUT2D eigenvalue weighted by Gasteiger charge is 2.76. The highest BCUT2D eigenvalue weighted by molar-refractivity contribution is 5.77. The van der Waals surface area contributed by atoms with E-state index in [1.807, 2.05) is 0 Å². The van der Waals surface area contributed by atoms with E-state index in [2.05, 4.69) is 14.2 Å². The SMILES string of the molecule is CCC(C)(C(=O)OCOC1CC(C(C)(OCCOCCO)C(F)(F)F)CC(C(OCCOCCO)(C(F)(F)F)C(F)(F)F)C1)C(F)(F)F. The van der Waals surface area contributed by atoms with E-state index in [4.69, 9.17) is 24.4 Å². The summed E-state index contributed by atoms with van der Waals surface area (Å²) in [5.74, 6) is -6.98. The van der Waals surface area contributed by atoms with Gasteiger partial charge in [0.1, 0.15) is 0 Å². The lowest BCUT2D eigenvalue weighted by molar-refractivity contribution is -0.405. The van der Waals surface area contributed by atoms with Crippen LogP contribution in [0.1, 0.15) is 46.5 Å². The molecule has 0 heterocycles. The minimum Gasteiger partial charge on any atom is -0.438 e. The second-order valence-electron chi connectivity index (χ2n) is 11.3. The largest absolute Gasteiger partial charge is 0.438 e. The lowest BCUT2D eigenvalue weighted by atomic mass is 9.66. The third-order valence-corrected chi connectivity index (χ3v) is 8.36. The van der Waals surface area contributed by atoms with Crippen molar-refractivity contribution in [3.8, 4) is 0 Å². The fourth-order valence-corrected chi connectivity index (χ4v) is 5.23. The summed E-state index contributed by atoms with van der Waals surface area (Å²) >= 11 is 0. The average Bonchev–Trinajstić information content (AvgIpc) is 2.95. The molecule has 0 aliphatic heterocycles. The van der Waals surface area contributed by atoms with E-state index in [0.29, 0.717) is 13.8 Å². The third-order valence-electron chi connectivity index (χ3n) is 8.36. The Morgan fingerprint density at radius 3 is 1.54 bits per heavy atom. The summed E-state index contributed by atoms with van der Waals surface area (Å²) < 4.78 is 200. The van der Waals surface area contributed by atoms with Crippen LogP contribution in [0, 0.1) is 17.3 Å². The zero-order chi connectivity index (χ0) is 37.2. The second kappa shape index (κ2) is 17.5. The fourth-order valence-electron chi connectivity index (χ4n) is 5.23. The van der Waals surface area contributed by atoms with Crippen molar-refractivity contribution >= 4 is 5.97 Å². The van der Waals surface area contributed by atoms with Crippen molar-refractivity contribution < 1.29 is 96.1 Å². The molecule has 48 heavy (non-hydrogen) atoms. The van der Waals surface area contributed by atoms with Gasteiger partial charge in [-0.05, 0) is 45.4 Å². The number of esters is 1. The van der Waals surface area contributed by atoms with Gasteiger partial charge < -0.3 is 38.6 Å². The molecule has 9 nitrogen and oxygen atoms in total. The molecule has 0 aromatic heterocycles. The molecule has 1 saturated carbocycles. The molecule has 0 radical (unpaired) electrons. The number of aliphatic hydroxyl groups excluding tert-OH is 2. The number of carbonyl (C=O) groups excluding carboxylic acids is 1. The Hall–Kier alpha value is -1.65. The molecule has 0 amide bonds. The third kappa shape index (κ3) is 10.4. The number of rotatable bonds is 19. The summed E-state index contributed by atoms with van der Waals surface area (Å²) in [6.07, 6.45) is -29.6. The van der Waals surface area contributed by atoms with Gasteiger partial charge in [-0.2, -0.15) is 52.7 Å². The zero-order valence-electron chi connectivity index (χ0n) is 26.2. The van der Waals surface area contributed by atoms with Crippen LogP contribution in [-0.2, 0) is 33.2 Å². The number of hydrogen-bond donors (Lipinski definition) is 2. The predicted octanol–water partition coefficient (Wildman–Crippen LogP) is 5.50. The van der Waals surface area contributed by atoms with Crippen LogP contribution in [-0.4, -0.2) is 118 Å². The summed E-state index contributed by atoms with van der Waals surface area (Å²) in [6.45, 7) is -5.23. The Morgan fingerprint density at radius 2 is 1.12 bits per heavy atom. The molecule has 0 aromatic rings. The van der Waals surface area contributed by atoms with Gasteiger partial charge in [-0.1, -0.05) is 6.92 Å². The van der Waals surface area contributed by atoms with Gasteiger partial charge in [-0.15, -0.1) is 0 Å². The number of halogens is 12. The van der Waals surface area contributed by atoms with E-state index in [-0.39, 0.29) is 6.61 Å². The Balaban J connectivity index is 3.60. The van der Waals surface area contributed by atoms with E-state index >= 15 is 0 Å². The molecule has 2 N–H and O–H groups in total. The van der Waals surface area contributed by atoms with Crippen molar-refractivity contribution in [1.29, 1.82) is 0 Å². The average molecular weight is 737 g/mol. The van der Waals surface area contributed by atoms with Crippen molar-refractivity contribution in [1.82, 2.24) is 0 Å².